The molecule has 2 heteroatoms. The molecule has 0 saturated carbocycles. The van der Waals surface area contributed by atoms with Crippen molar-refractivity contribution in [2.75, 3.05) is 6.54 Å². The second kappa shape index (κ2) is 6.35. The molecule has 1 rings (SSSR count). The Morgan fingerprint density at radius 2 is 1.67 bits per heavy atom. The van der Waals surface area contributed by atoms with E-state index >= 15 is 0 Å². The molecule has 0 aliphatic rings. The predicted molar refractivity (Wildman–Crippen MR) is 78.0 cm³/mol. The quantitative estimate of drug-likeness (QED) is 0.812. The summed E-state index contributed by atoms with van der Waals surface area (Å²) in [6.45, 7) is 11.1. The third kappa shape index (κ3) is 5.19. The van der Waals surface area contributed by atoms with Crippen molar-refractivity contribution >= 4 is 0 Å². The van der Waals surface area contributed by atoms with Gasteiger partial charge < -0.3 is 10.4 Å². The fraction of sp³-hybridized carbons (Fsp3) is 0.625. The van der Waals surface area contributed by atoms with E-state index in [1.54, 1.807) is 0 Å². The molecule has 0 heterocycles. The minimum absolute atomic E-state index is 0.403. The first-order valence-electron chi connectivity index (χ1n) is 6.85. The van der Waals surface area contributed by atoms with Crippen molar-refractivity contribution in [3.63, 3.8) is 0 Å². The molecular formula is C16H27NO. The Balaban J connectivity index is 2.60. The Morgan fingerprint density at radius 1 is 1.11 bits per heavy atom. The van der Waals surface area contributed by atoms with Crippen LogP contribution in [-0.2, 0) is 6.42 Å². The molecule has 1 atom stereocenters. The van der Waals surface area contributed by atoms with Crippen molar-refractivity contribution in [3.05, 3.63) is 35.4 Å². The van der Waals surface area contributed by atoms with Gasteiger partial charge in [-0.25, -0.2) is 0 Å². The van der Waals surface area contributed by atoms with Gasteiger partial charge in [-0.05, 0) is 24.0 Å². The van der Waals surface area contributed by atoms with Gasteiger partial charge in [0.05, 0.1) is 5.60 Å². The summed E-state index contributed by atoms with van der Waals surface area (Å²) in [7, 11) is 0. The molecule has 2 nitrogen and oxygen atoms in total. The van der Waals surface area contributed by atoms with E-state index in [-0.39, 0.29) is 0 Å². The highest BCUT2D eigenvalue weighted by molar-refractivity contribution is 5.25. The van der Waals surface area contributed by atoms with E-state index in [2.05, 4.69) is 57.3 Å². The summed E-state index contributed by atoms with van der Waals surface area (Å²) in [5.74, 6) is 0.558. The van der Waals surface area contributed by atoms with Crippen LogP contribution in [0.5, 0.6) is 0 Å². The van der Waals surface area contributed by atoms with Crippen LogP contribution >= 0.6 is 0 Å². The van der Waals surface area contributed by atoms with E-state index in [1.807, 2.05) is 6.92 Å². The zero-order valence-electron chi connectivity index (χ0n) is 12.3. The van der Waals surface area contributed by atoms with Crippen LogP contribution in [0.1, 0.15) is 51.7 Å². The standard InChI is InChI=1S/C16H27NO/c1-12(2)15-8-6-14(7-9-15)10-16(5,18)11-17-13(3)4/h6-9,12-13,17-18H,10-11H2,1-5H3. The number of hydrogen-bond acceptors (Lipinski definition) is 2. The van der Waals surface area contributed by atoms with Crippen LogP contribution in [-0.4, -0.2) is 23.3 Å². The molecule has 1 unspecified atom stereocenters. The summed E-state index contributed by atoms with van der Waals surface area (Å²) in [4.78, 5) is 0. The second-order valence-electron chi connectivity index (χ2n) is 6.11. The van der Waals surface area contributed by atoms with Gasteiger partial charge in [-0.1, -0.05) is 52.0 Å². The summed E-state index contributed by atoms with van der Waals surface area (Å²) in [5.41, 5.74) is 1.84. The summed E-state index contributed by atoms with van der Waals surface area (Å²) in [6.07, 6.45) is 0.686. The molecule has 0 amide bonds. The Hall–Kier alpha value is -0.860. The lowest BCUT2D eigenvalue weighted by atomic mass is 9.94. The first kappa shape index (κ1) is 15.2. The third-order valence-electron chi connectivity index (χ3n) is 3.12. The lowest BCUT2D eigenvalue weighted by Crippen LogP contribution is -2.42. The van der Waals surface area contributed by atoms with E-state index in [1.165, 1.54) is 11.1 Å². The SMILES string of the molecule is CC(C)NCC(C)(O)Cc1ccc(C(C)C)cc1. The molecule has 0 spiro atoms. The van der Waals surface area contributed by atoms with Crippen molar-refractivity contribution in [1.29, 1.82) is 0 Å². The highest BCUT2D eigenvalue weighted by Gasteiger charge is 2.20. The maximum absolute atomic E-state index is 10.3. The van der Waals surface area contributed by atoms with Gasteiger partial charge in [0.2, 0.25) is 0 Å². The molecule has 0 bridgehead atoms. The average Bonchev–Trinajstić information content (AvgIpc) is 2.27. The normalized spacial score (nSPS) is 15.1. The molecule has 18 heavy (non-hydrogen) atoms. The molecule has 102 valence electrons. The van der Waals surface area contributed by atoms with Crippen molar-refractivity contribution < 1.29 is 5.11 Å². The molecule has 0 aliphatic carbocycles. The summed E-state index contributed by atoms with van der Waals surface area (Å²) in [5, 5.41) is 13.6. The van der Waals surface area contributed by atoms with E-state index in [9.17, 15) is 5.11 Å². The van der Waals surface area contributed by atoms with Crippen molar-refractivity contribution in [2.24, 2.45) is 0 Å². The Morgan fingerprint density at radius 3 is 2.11 bits per heavy atom. The van der Waals surface area contributed by atoms with E-state index < -0.39 is 5.60 Å². The Labute approximate surface area is 111 Å². The molecule has 0 aliphatic heterocycles. The minimum atomic E-state index is -0.691. The number of aliphatic hydroxyl groups is 1. The topological polar surface area (TPSA) is 32.3 Å². The lowest BCUT2D eigenvalue weighted by molar-refractivity contribution is 0.0581. The average molecular weight is 249 g/mol. The molecule has 0 aromatic heterocycles. The number of hydrogen-bond donors (Lipinski definition) is 2. The lowest BCUT2D eigenvalue weighted by Gasteiger charge is -2.25. The first-order valence-corrected chi connectivity index (χ1v) is 6.85. The zero-order chi connectivity index (χ0) is 13.8. The summed E-state index contributed by atoms with van der Waals surface area (Å²) < 4.78 is 0. The van der Waals surface area contributed by atoms with Crippen LogP contribution in [0.3, 0.4) is 0 Å². The van der Waals surface area contributed by atoms with Crippen molar-refractivity contribution in [3.8, 4) is 0 Å². The first-order chi connectivity index (χ1) is 8.30. The largest absolute Gasteiger partial charge is 0.389 e. The van der Waals surface area contributed by atoms with Gasteiger partial charge in [-0.3, -0.25) is 0 Å². The maximum atomic E-state index is 10.3. The summed E-state index contributed by atoms with van der Waals surface area (Å²) in [6, 6.07) is 8.97. The van der Waals surface area contributed by atoms with Crippen molar-refractivity contribution in [2.45, 2.75) is 58.6 Å². The van der Waals surface area contributed by atoms with Crippen LogP contribution in [0.25, 0.3) is 0 Å². The summed E-state index contributed by atoms with van der Waals surface area (Å²) >= 11 is 0. The second-order valence-corrected chi connectivity index (χ2v) is 6.11. The van der Waals surface area contributed by atoms with Gasteiger partial charge in [0, 0.05) is 19.0 Å². The van der Waals surface area contributed by atoms with Crippen molar-refractivity contribution in [1.82, 2.24) is 5.32 Å². The highest BCUT2D eigenvalue weighted by atomic mass is 16.3. The molecular weight excluding hydrogens is 222 g/mol. The molecule has 0 saturated heterocycles. The smallest absolute Gasteiger partial charge is 0.0783 e. The van der Waals surface area contributed by atoms with Crippen LogP contribution in [0, 0.1) is 0 Å². The molecule has 0 fully saturated rings. The van der Waals surface area contributed by atoms with Gasteiger partial charge in [0.25, 0.3) is 0 Å². The zero-order valence-corrected chi connectivity index (χ0v) is 12.3. The van der Waals surface area contributed by atoms with Crippen LogP contribution in [0.2, 0.25) is 0 Å². The van der Waals surface area contributed by atoms with Gasteiger partial charge in [0.15, 0.2) is 0 Å². The number of benzene rings is 1. The maximum Gasteiger partial charge on any atom is 0.0783 e. The molecule has 1 aromatic rings. The van der Waals surface area contributed by atoms with E-state index in [0.29, 0.717) is 24.9 Å². The van der Waals surface area contributed by atoms with Gasteiger partial charge >= 0.3 is 0 Å². The third-order valence-corrected chi connectivity index (χ3v) is 3.12. The highest BCUT2D eigenvalue weighted by Crippen LogP contribution is 2.18. The molecule has 0 radical (unpaired) electrons. The predicted octanol–water partition coefficient (Wildman–Crippen LogP) is 3.10. The monoisotopic (exact) mass is 249 g/mol. The fourth-order valence-corrected chi connectivity index (χ4v) is 1.95. The van der Waals surface area contributed by atoms with E-state index in [4.69, 9.17) is 0 Å². The molecule has 2 N–H and O–H groups in total. The Kier molecular flexibility index (Phi) is 5.36. The Bertz CT molecular complexity index is 352. The van der Waals surface area contributed by atoms with Crippen LogP contribution in [0.4, 0.5) is 0 Å². The van der Waals surface area contributed by atoms with Crippen LogP contribution < -0.4 is 5.32 Å². The van der Waals surface area contributed by atoms with E-state index in [0.717, 1.165) is 0 Å². The van der Waals surface area contributed by atoms with Crippen LogP contribution in [0.15, 0.2) is 24.3 Å². The minimum Gasteiger partial charge on any atom is -0.389 e. The molecule has 1 aromatic carbocycles. The number of rotatable bonds is 6. The number of nitrogens with one attached hydrogen (secondary N) is 1. The van der Waals surface area contributed by atoms with Gasteiger partial charge in [-0.15, -0.1) is 0 Å². The van der Waals surface area contributed by atoms with Gasteiger partial charge in [-0.2, -0.15) is 0 Å². The van der Waals surface area contributed by atoms with Gasteiger partial charge in [0.1, 0.15) is 0 Å². The fourth-order valence-electron chi connectivity index (χ4n) is 1.95.